The third kappa shape index (κ3) is 6.08. The summed E-state index contributed by atoms with van der Waals surface area (Å²) in [4.78, 5) is 25.0. The SMILES string of the molecule is COc1ccccc1OCC(=O)Nc1cccc(NC(=O)c2cc(Cl)c(OC)c(OC)c2)c1. The van der Waals surface area contributed by atoms with E-state index in [2.05, 4.69) is 10.6 Å². The lowest BCUT2D eigenvalue weighted by molar-refractivity contribution is -0.118. The van der Waals surface area contributed by atoms with Gasteiger partial charge < -0.3 is 29.6 Å². The van der Waals surface area contributed by atoms with Gasteiger partial charge in [-0.15, -0.1) is 0 Å². The molecule has 0 aliphatic heterocycles. The Kier molecular flexibility index (Phi) is 7.99. The van der Waals surface area contributed by atoms with Gasteiger partial charge in [-0.05, 0) is 42.5 Å². The minimum absolute atomic E-state index is 0.207. The van der Waals surface area contributed by atoms with Gasteiger partial charge in [0.25, 0.3) is 11.8 Å². The summed E-state index contributed by atoms with van der Waals surface area (Å²) < 4.78 is 21.1. The predicted octanol–water partition coefficient (Wildman–Crippen LogP) is 4.64. The Bertz CT molecular complexity index is 1150. The molecule has 172 valence electrons. The lowest BCUT2D eigenvalue weighted by Gasteiger charge is -2.13. The van der Waals surface area contributed by atoms with Gasteiger partial charge in [-0.3, -0.25) is 9.59 Å². The Morgan fingerprint density at radius 3 is 2.12 bits per heavy atom. The highest BCUT2D eigenvalue weighted by molar-refractivity contribution is 6.32. The van der Waals surface area contributed by atoms with Crippen molar-refractivity contribution in [2.45, 2.75) is 0 Å². The number of methoxy groups -OCH3 is 3. The Morgan fingerprint density at radius 2 is 1.45 bits per heavy atom. The molecule has 3 aromatic carbocycles. The molecule has 0 radical (unpaired) electrons. The van der Waals surface area contributed by atoms with E-state index in [-0.39, 0.29) is 23.1 Å². The fraction of sp³-hybridized carbons (Fsp3) is 0.167. The van der Waals surface area contributed by atoms with Gasteiger partial charge in [0.2, 0.25) is 0 Å². The maximum atomic E-state index is 12.7. The Morgan fingerprint density at radius 1 is 0.788 bits per heavy atom. The van der Waals surface area contributed by atoms with Gasteiger partial charge in [-0.25, -0.2) is 0 Å². The number of carbonyl (C=O) groups is 2. The number of rotatable bonds is 9. The van der Waals surface area contributed by atoms with Crippen molar-refractivity contribution in [3.63, 3.8) is 0 Å². The highest BCUT2D eigenvalue weighted by Gasteiger charge is 2.16. The first kappa shape index (κ1) is 23.7. The second-order valence-electron chi connectivity index (χ2n) is 6.72. The molecule has 0 aliphatic carbocycles. The van der Waals surface area contributed by atoms with Crippen molar-refractivity contribution in [1.82, 2.24) is 0 Å². The molecule has 0 aliphatic rings. The van der Waals surface area contributed by atoms with Crippen LogP contribution in [0.15, 0.2) is 60.7 Å². The summed E-state index contributed by atoms with van der Waals surface area (Å²) in [6, 6.07) is 16.8. The summed E-state index contributed by atoms with van der Waals surface area (Å²) in [5.74, 6) is 0.911. The molecule has 0 aromatic heterocycles. The molecule has 2 amide bonds. The van der Waals surface area contributed by atoms with E-state index in [1.54, 1.807) is 42.5 Å². The molecule has 3 rings (SSSR count). The number of benzene rings is 3. The lowest BCUT2D eigenvalue weighted by atomic mass is 10.1. The summed E-state index contributed by atoms with van der Waals surface area (Å²) in [6.45, 7) is -0.207. The van der Waals surface area contributed by atoms with Gasteiger partial charge in [0, 0.05) is 16.9 Å². The molecule has 0 spiro atoms. The van der Waals surface area contributed by atoms with Crippen LogP contribution in [0.2, 0.25) is 5.02 Å². The largest absolute Gasteiger partial charge is 0.493 e. The summed E-state index contributed by atoms with van der Waals surface area (Å²) in [5, 5.41) is 5.75. The number of amides is 2. The third-order valence-corrected chi connectivity index (χ3v) is 4.81. The van der Waals surface area contributed by atoms with E-state index in [9.17, 15) is 9.59 Å². The fourth-order valence-corrected chi connectivity index (χ4v) is 3.29. The summed E-state index contributed by atoms with van der Waals surface area (Å²) >= 11 is 6.18. The minimum atomic E-state index is -0.402. The number of ether oxygens (including phenoxy) is 4. The summed E-state index contributed by atoms with van der Waals surface area (Å²) in [7, 11) is 4.45. The smallest absolute Gasteiger partial charge is 0.262 e. The molecular weight excluding hydrogens is 448 g/mol. The average Bonchev–Trinajstić information content (AvgIpc) is 2.82. The zero-order valence-electron chi connectivity index (χ0n) is 18.3. The first-order valence-corrected chi connectivity index (χ1v) is 10.2. The maximum Gasteiger partial charge on any atom is 0.262 e. The van der Waals surface area contributed by atoms with Crippen LogP contribution in [-0.2, 0) is 4.79 Å². The molecule has 33 heavy (non-hydrogen) atoms. The van der Waals surface area contributed by atoms with Crippen LogP contribution in [-0.4, -0.2) is 39.8 Å². The molecule has 2 N–H and O–H groups in total. The maximum absolute atomic E-state index is 12.7. The van der Waals surface area contributed by atoms with Crippen LogP contribution >= 0.6 is 11.6 Å². The highest BCUT2D eigenvalue weighted by Crippen LogP contribution is 2.36. The monoisotopic (exact) mass is 470 g/mol. The van der Waals surface area contributed by atoms with Gasteiger partial charge >= 0.3 is 0 Å². The zero-order valence-corrected chi connectivity index (χ0v) is 19.1. The number of halogens is 1. The van der Waals surface area contributed by atoms with Gasteiger partial charge in [-0.2, -0.15) is 0 Å². The standard InChI is InChI=1S/C24H23ClN2O6/c1-30-19-9-4-5-10-20(19)33-14-22(28)26-16-7-6-8-17(13-16)27-24(29)15-11-18(25)23(32-3)21(12-15)31-2/h4-13H,14H2,1-3H3,(H,26,28)(H,27,29). The van der Waals surface area contributed by atoms with Crippen LogP contribution in [0.1, 0.15) is 10.4 Å². The van der Waals surface area contributed by atoms with Crippen LogP contribution < -0.4 is 29.6 Å². The molecule has 0 atom stereocenters. The van der Waals surface area contributed by atoms with Crippen molar-refractivity contribution in [3.05, 3.63) is 71.2 Å². The van der Waals surface area contributed by atoms with Crippen molar-refractivity contribution in [3.8, 4) is 23.0 Å². The van der Waals surface area contributed by atoms with Crippen molar-refractivity contribution in [1.29, 1.82) is 0 Å². The molecular formula is C24H23ClN2O6. The van der Waals surface area contributed by atoms with E-state index in [0.29, 0.717) is 34.4 Å². The van der Waals surface area contributed by atoms with Crippen LogP contribution in [0.4, 0.5) is 11.4 Å². The first-order chi connectivity index (χ1) is 15.9. The number of para-hydroxylation sites is 2. The summed E-state index contributed by atoms with van der Waals surface area (Å²) in [6.07, 6.45) is 0. The Hall–Kier alpha value is -3.91. The van der Waals surface area contributed by atoms with Crippen LogP contribution in [0.3, 0.4) is 0 Å². The van der Waals surface area contributed by atoms with E-state index < -0.39 is 5.91 Å². The molecule has 8 nitrogen and oxygen atoms in total. The molecule has 0 bridgehead atoms. The van der Waals surface area contributed by atoms with Crippen molar-refractivity contribution < 1.29 is 28.5 Å². The summed E-state index contributed by atoms with van der Waals surface area (Å²) in [5.41, 5.74) is 1.26. The zero-order chi connectivity index (χ0) is 23.8. The molecule has 9 heteroatoms. The number of hydrogen-bond donors (Lipinski definition) is 2. The molecule has 3 aromatic rings. The van der Waals surface area contributed by atoms with Crippen LogP contribution in [0.25, 0.3) is 0 Å². The average molecular weight is 471 g/mol. The highest BCUT2D eigenvalue weighted by atomic mass is 35.5. The number of hydrogen-bond acceptors (Lipinski definition) is 6. The van der Waals surface area contributed by atoms with Gasteiger partial charge in [-0.1, -0.05) is 29.8 Å². The van der Waals surface area contributed by atoms with Crippen molar-refractivity contribution >= 4 is 34.8 Å². The Labute approximate surface area is 196 Å². The fourth-order valence-electron chi connectivity index (χ4n) is 3.01. The second-order valence-corrected chi connectivity index (χ2v) is 7.12. The van der Waals surface area contributed by atoms with Crippen LogP contribution in [0.5, 0.6) is 23.0 Å². The first-order valence-electron chi connectivity index (χ1n) is 9.83. The van der Waals surface area contributed by atoms with Crippen LogP contribution in [0, 0.1) is 0 Å². The quantitative estimate of drug-likeness (QED) is 0.473. The molecule has 0 saturated heterocycles. The number of nitrogens with one attached hydrogen (secondary N) is 2. The number of carbonyl (C=O) groups excluding carboxylic acids is 2. The van der Waals surface area contributed by atoms with Gasteiger partial charge in [0.05, 0.1) is 26.4 Å². The Balaban J connectivity index is 1.64. The van der Waals surface area contributed by atoms with Crippen molar-refractivity contribution in [2.75, 3.05) is 38.6 Å². The van der Waals surface area contributed by atoms with Gasteiger partial charge in [0.1, 0.15) is 0 Å². The van der Waals surface area contributed by atoms with E-state index in [0.717, 1.165) is 0 Å². The minimum Gasteiger partial charge on any atom is -0.493 e. The van der Waals surface area contributed by atoms with Crippen molar-refractivity contribution in [2.24, 2.45) is 0 Å². The molecule has 0 saturated carbocycles. The van der Waals surface area contributed by atoms with E-state index >= 15 is 0 Å². The van der Waals surface area contributed by atoms with E-state index in [1.807, 2.05) is 6.07 Å². The predicted molar refractivity (Wildman–Crippen MR) is 126 cm³/mol. The molecule has 0 fully saturated rings. The molecule has 0 heterocycles. The van der Waals surface area contributed by atoms with Gasteiger partial charge in [0.15, 0.2) is 29.6 Å². The van der Waals surface area contributed by atoms with E-state index in [1.165, 1.54) is 33.5 Å². The normalized spacial score (nSPS) is 10.2. The topological polar surface area (TPSA) is 95.1 Å². The van der Waals surface area contributed by atoms with E-state index in [4.69, 9.17) is 30.5 Å². The third-order valence-electron chi connectivity index (χ3n) is 4.53. The number of anilines is 2. The second kappa shape index (κ2) is 11.1. The lowest BCUT2D eigenvalue weighted by Crippen LogP contribution is -2.20. The molecule has 0 unspecified atom stereocenters.